The van der Waals surface area contributed by atoms with Gasteiger partial charge >= 0.3 is 5.97 Å². The summed E-state index contributed by atoms with van der Waals surface area (Å²) in [5, 5.41) is 12.1. The minimum Gasteiger partial charge on any atom is -0.482 e. The summed E-state index contributed by atoms with van der Waals surface area (Å²) in [6.07, 6.45) is 0. The Labute approximate surface area is 146 Å². The Morgan fingerprint density at radius 2 is 1.70 bits per heavy atom. The smallest absolute Gasteiger partial charge is 0.337 e. The molecule has 0 aliphatic rings. The molecule has 23 heavy (non-hydrogen) atoms. The van der Waals surface area contributed by atoms with E-state index in [9.17, 15) is 9.59 Å². The van der Waals surface area contributed by atoms with E-state index in [0.717, 1.165) is 6.07 Å². The molecule has 2 aromatic rings. The average molecular weight is 375 g/mol. The summed E-state index contributed by atoms with van der Waals surface area (Å²) in [5.74, 6) is -1.46. The Morgan fingerprint density at radius 1 is 1.04 bits per heavy atom. The lowest BCUT2D eigenvalue weighted by Crippen LogP contribution is -2.21. The molecule has 0 atom stereocenters. The maximum absolute atomic E-state index is 11.9. The first-order valence-corrected chi connectivity index (χ1v) is 7.41. The van der Waals surface area contributed by atoms with Gasteiger partial charge in [0, 0.05) is 0 Å². The lowest BCUT2D eigenvalue weighted by Gasteiger charge is -2.11. The van der Waals surface area contributed by atoms with E-state index in [1.165, 1.54) is 6.07 Å². The van der Waals surface area contributed by atoms with Crippen LogP contribution in [0.2, 0.25) is 15.1 Å². The highest BCUT2D eigenvalue weighted by molar-refractivity contribution is 6.42. The number of ether oxygens (including phenoxy) is 1. The fourth-order valence-electron chi connectivity index (χ4n) is 1.72. The highest BCUT2D eigenvalue weighted by Gasteiger charge is 2.16. The Morgan fingerprint density at radius 3 is 2.35 bits per heavy atom. The third kappa shape index (κ3) is 4.51. The van der Waals surface area contributed by atoms with Crippen LogP contribution in [0.25, 0.3) is 0 Å². The Hall–Kier alpha value is -1.95. The van der Waals surface area contributed by atoms with Crippen molar-refractivity contribution in [2.75, 3.05) is 11.9 Å². The van der Waals surface area contributed by atoms with Crippen LogP contribution < -0.4 is 10.1 Å². The van der Waals surface area contributed by atoms with Crippen LogP contribution in [0.5, 0.6) is 5.75 Å². The molecule has 0 saturated carbocycles. The molecule has 120 valence electrons. The van der Waals surface area contributed by atoms with E-state index in [0.29, 0.717) is 10.8 Å². The number of rotatable bonds is 5. The zero-order chi connectivity index (χ0) is 17.0. The normalized spacial score (nSPS) is 10.2. The largest absolute Gasteiger partial charge is 0.482 e. The highest BCUT2D eigenvalue weighted by Crippen LogP contribution is 2.29. The van der Waals surface area contributed by atoms with E-state index < -0.39 is 11.9 Å². The van der Waals surface area contributed by atoms with Crippen molar-refractivity contribution < 1.29 is 19.4 Å². The minimum atomic E-state index is -1.24. The molecule has 2 N–H and O–H groups in total. The molecule has 0 bridgehead atoms. The fraction of sp³-hybridized carbons (Fsp3) is 0.0667. The fourth-order valence-corrected chi connectivity index (χ4v) is 2.24. The van der Waals surface area contributed by atoms with Gasteiger partial charge in [-0.2, -0.15) is 0 Å². The third-order valence-corrected chi connectivity index (χ3v) is 3.79. The van der Waals surface area contributed by atoms with Gasteiger partial charge in [-0.15, -0.1) is 0 Å². The molecule has 1 amide bonds. The second-order valence-electron chi connectivity index (χ2n) is 4.38. The Kier molecular flexibility index (Phi) is 5.71. The maximum Gasteiger partial charge on any atom is 0.337 e. The van der Waals surface area contributed by atoms with E-state index in [1.807, 2.05) is 0 Å². The van der Waals surface area contributed by atoms with Crippen molar-refractivity contribution in [3.8, 4) is 5.75 Å². The number of para-hydroxylation sites is 1. The van der Waals surface area contributed by atoms with Crippen LogP contribution in [-0.4, -0.2) is 23.6 Å². The number of hydrogen-bond donors (Lipinski definition) is 2. The standard InChI is InChI=1S/C15H10Cl3NO4/c16-9-3-1-2-4-13(9)23-7-14(20)19-12-6-11(18)10(17)5-8(12)15(21)22/h1-6H,7H2,(H,19,20)(H,21,22). The van der Waals surface area contributed by atoms with Gasteiger partial charge in [0.25, 0.3) is 5.91 Å². The quantitative estimate of drug-likeness (QED) is 0.815. The Bertz CT molecular complexity index is 764. The van der Waals surface area contributed by atoms with Crippen LogP contribution in [0.1, 0.15) is 10.4 Å². The van der Waals surface area contributed by atoms with Crippen LogP contribution in [-0.2, 0) is 4.79 Å². The van der Waals surface area contributed by atoms with Gasteiger partial charge < -0.3 is 15.2 Å². The van der Waals surface area contributed by atoms with Crippen molar-refractivity contribution in [3.63, 3.8) is 0 Å². The summed E-state index contributed by atoms with van der Waals surface area (Å²) in [6.45, 7) is -0.344. The van der Waals surface area contributed by atoms with Crippen LogP contribution in [0.4, 0.5) is 5.69 Å². The van der Waals surface area contributed by atoms with Gasteiger partial charge in [-0.3, -0.25) is 4.79 Å². The monoisotopic (exact) mass is 373 g/mol. The third-order valence-electron chi connectivity index (χ3n) is 2.76. The van der Waals surface area contributed by atoms with Gasteiger partial charge in [-0.25, -0.2) is 4.79 Å². The predicted molar refractivity (Wildman–Crippen MR) is 89.0 cm³/mol. The SMILES string of the molecule is O=C(COc1ccccc1Cl)Nc1cc(Cl)c(Cl)cc1C(=O)O. The first-order chi connectivity index (χ1) is 10.9. The van der Waals surface area contributed by atoms with Crippen molar-refractivity contribution in [1.29, 1.82) is 0 Å². The molecule has 5 nitrogen and oxygen atoms in total. The molecule has 0 aliphatic carbocycles. The lowest BCUT2D eigenvalue weighted by atomic mass is 10.2. The molecule has 0 saturated heterocycles. The number of anilines is 1. The summed E-state index contributed by atoms with van der Waals surface area (Å²) < 4.78 is 5.27. The molecule has 2 aromatic carbocycles. The van der Waals surface area contributed by atoms with Crippen molar-refractivity contribution in [1.82, 2.24) is 0 Å². The molecular formula is C15H10Cl3NO4. The van der Waals surface area contributed by atoms with Gasteiger partial charge in [0.05, 0.1) is 26.3 Å². The first kappa shape index (κ1) is 17.4. The van der Waals surface area contributed by atoms with Gasteiger partial charge in [-0.05, 0) is 24.3 Å². The molecule has 8 heteroatoms. The van der Waals surface area contributed by atoms with Crippen molar-refractivity contribution in [2.24, 2.45) is 0 Å². The van der Waals surface area contributed by atoms with Crippen LogP contribution >= 0.6 is 34.8 Å². The van der Waals surface area contributed by atoms with E-state index >= 15 is 0 Å². The van der Waals surface area contributed by atoms with Gasteiger partial charge in [0.2, 0.25) is 0 Å². The summed E-state index contributed by atoms with van der Waals surface area (Å²) in [4.78, 5) is 23.1. The summed E-state index contributed by atoms with van der Waals surface area (Å²) >= 11 is 17.5. The number of carboxylic acids is 1. The molecule has 0 unspecified atom stereocenters. The van der Waals surface area contributed by atoms with Gasteiger partial charge in [-0.1, -0.05) is 46.9 Å². The number of hydrogen-bond acceptors (Lipinski definition) is 3. The minimum absolute atomic E-state index is 0.0275. The molecule has 0 aromatic heterocycles. The maximum atomic E-state index is 11.9. The molecule has 0 heterocycles. The van der Waals surface area contributed by atoms with Crippen LogP contribution in [0.3, 0.4) is 0 Å². The first-order valence-electron chi connectivity index (χ1n) is 6.28. The van der Waals surface area contributed by atoms with E-state index in [-0.39, 0.29) is 27.9 Å². The molecule has 0 aliphatic heterocycles. The zero-order valence-corrected chi connectivity index (χ0v) is 13.7. The Balaban J connectivity index is 2.10. The number of carboxylic acid groups (broad SMARTS) is 1. The highest BCUT2D eigenvalue weighted by atomic mass is 35.5. The van der Waals surface area contributed by atoms with E-state index in [2.05, 4.69) is 5.32 Å². The van der Waals surface area contributed by atoms with Gasteiger partial charge in [0.1, 0.15) is 5.75 Å². The predicted octanol–water partition coefficient (Wildman–Crippen LogP) is 4.36. The molecule has 0 radical (unpaired) electrons. The lowest BCUT2D eigenvalue weighted by molar-refractivity contribution is -0.118. The second kappa shape index (κ2) is 7.55. The molecule has 2 rings (SSSR count). The number of aromatic carboxylic acids is 1. The topological polar surface area (TPSA) is 75.6 Å². The molecular weight excluding hydrogens is 365 g/mol. The molecule has 0 fully saturated rings. The zero-order valence-electron chi connectivity index (χ0n) is 11.5. The van der Waals surface area contributed by atoms with Crippen LogP contribution in [0, 0.1) is 0 Å². The average Bonchev–Trinajstić information content (AvgIpc) is 2.49. The van der Waals surface area contributed by atoms with Crippen molar-refractivity contribution in [3.05, 3.63) is 57.0 Å². The van der Waals surface area contributed by atoms with Crippen LogP contribution in [0.15, 0.2) is 36.4 Å². The van der Waals surface area contributed by atoms with Gasteiger partial charge in [0.15, 0.2) is 6.61 Å². The van der Waals surface area contributed by atoms with E-state index in [1.54, 1.807) is 24.3 Å². The molecule has 0 spiro atoms. The van der Waals surface area contributed by atoms with Crippen molar-refractivity contribution >= 4 is 52.4 Å². The number of carbonyl (C=O) groups is 2. The summed E-state index contributed by atoms with van der Waals surface area (Å²) in [5.41, 5.74) is -0.148. The van der Waals surface area contributed by atoms with E-state index in [4.69, 9.17) is 44.6 Å². The van der Waals surface area contributed by atoms with Crippen molar-refractivity contribution in [2.45, 2.75) is 0 Å². The number of amides is 1. The number of halogens is 3. The number of nitrogens with one attached hydrogen (secondary N) is 1. The summed E-state index contributed by atoms with van der Waals surface area (Å²) in [6, 6.07) is 9.09. The second-order valence-corrected chi connectivity index (χ2v) is 5.61. The number of carbonyl (C=O) groups excluding carboxylic acids is 1. The number of benzene rings is 2. The summed E-state index contributed by atoms with van der Waals surface area (Å²) in [7, 11) is 0.